The van der Waals surface area contributed by atoms with Crippen molar-refractivity contribution in [2.24, 2.45) is 0 Å². The molecule has 0 aromatic heterocycles. The van der Waals surface area contributed by atoms with Gasteiger partial charge < -0.3 is 9.64 Å². The van der Waals surface area contributed by atoms with Gasteiger partial charge in [-0.25, -0.2) is 0 Å². The molecule has 0 spiro atoms. The molecule has 2 amide bonds. The number of carbonyl (C=O) groups is 2. The van der Waals surface area contributed by atoms with E-state index in [4.69, 9.17) is 4.74 Å². The molecule has 0 aliphatic carbocycles. The molecule has 0 bridgehead atoms. The summed E-state index contributed by atoms with van der Waals surface area (Å²) in [6.07, 6.45) is 3.02. The average Bonchev–Trinajstić information content (AvgIpc) is 3.36. The van der Waals surface area contributed by atoms with Crippen LogP contribution < -0.4 is 4.74 Å². The second-order valence-electron chi connectivity index (χ2n) is 7.47. The van der Waals surface area contributed by atoms with Gasteiger partial charge in [0, 0.05) is 13.1 Å². The number of amides is 2. The van der Waals surface area contributed by atoms with Crippen molar-refractivity contribution < 1.29 is 14.3 Å². The first-order valence-electron chi connectivity index (χ1n) is 10.3. The van der Waals surface area contributed by atoms with Crippen LogP contribution in [0.5, 0.6) is 5.75 Å². The van der Waals surface area contributed by atoms with Gasteiger partial charge in [0.05, 0.1) is 18.7 Å². The van der Waals surface area contributed by atoms with Gasteiger partial charge in [-0.1, -0.05) is 49.4 Å². The Morgan fingerprint density at radius 2 is 1.59 bits per heavy atom. The van der Waals surface area contributed by atoms with Gasteiger partial charge in [-0.3, -0.25) is 14.5 Å². The minimum atomic E-state index is -0.219. The third-order valence-electron chi connectivity index (χ3n) is 5.37. The fourth-order valence-electron chi connectivity index (χ4n) is 3.90. The molecule has 0 radical (unpaired) electrons. The van der Waals surface area contributed by atoms with E-state index in [1.807, 2.05) is 54.6 Å². The Morgan fingerprint density at radius 3 is 2.24 bits per heavy atom. The number of hydrogen-bond acceptors (Lipinski definition) is 4. The van der Waals surface area contributed by atoms with Crippen LogP contribution in [0.1, 0.15) is 37.3 Å². The highest BCUT2D eigenvalue weighted by molar-refractivity contribution is 6.35. The lowest BCUT2D eigenvalue weighted by Crippen LogP contribution is -2.34. The quantitative estimate of drug-likeness (QED) is 0.674. The predicted octanol–water partition coefficient (Wildman–Crippen LogP) is 3.85. The molecule has 2 aliphatic rings. The van der Waals surface area contributed by atoms with Crippen molar-refractivity contribution in [2.75, 3.05) is 19.7 Å². The van der Waals surface area contributed by atoms with Crippen LogP contribution in [0.15, 0.2) is 60.3 Å². The Morgan fingerprint density at radius 1 is 0.897 bits per heavy atom. The maximum atomic E-state index is 13.3. The lowest BCUT2D eigenvalue weighted by Gasteiger charge is -2.20. The smallest absolute Gasteiger partial charge is 0.278 e. The van der Waals surface area contributed by atoms with E-state index < -0.39 is 0 Å². The molecule has 150 valence electrons. The average molecular weight is 390 g/mol. The largest absolute Gasteiger partial charge is 0.494 e. The van der Waals surface area contributed by atoms with Crippen molar-refractivity contribution in [3.63, 3.8) is 0 Å². The van der Waals surface area contributed by atoms with Gasteiger partial charge in [0.1, 0.15) is 11.4 Å². The zero-order valence-electron chi connectivity index (χ0n) is 16.8. The first-order valence-corrected chi connectivity index (χ1v) is 10.3. The number of ether oxygens (including phenoxy) is 1. The molecular weight excluding hydrogens is 364 g/mol. The molecule has 0 atom stereocenters. The molecule has 0 saturated carbocycles. The third kappa shape index (κ3) is 3.90. The number of likely N-dealkylation sites (tertiary alicyclic amines) is 1. The molecule has 1 saturated heterocycles. The Balaban J connectivity index is 1.67. The molecule has 29 heavy (non-hydrogen) atoms. The zero-order valence-corrected chi connectivity index (χ0v) is 16.8. The number of nitrogens with zero attached hydrogens (tertiary/aromatic N) is 2. The van der Waals surface area contributed by atoms with E-state index in [9.17, 15) is 9.59 Å². The zero-order chi connectivity index (χ0) is 20.2. The topological polar surface area (TPSA) is 49.9 Å². The fourth-order valence-corrected chi connectivity index (χ4v) is 3.90. The Bertz CT molecular complexity index is 913. The molecule has 2 heterocycles. The summed E-state index contributed by atoms with van der Waals surface area (Å²) < 4.78 is 5.66. The Kier molecular flexibility index (Phi) is 5.65. The van der Waals surface area contributed by atoms with Crippen molar-refractivity contribution in [2.45, 2.75) is 32.7 Å². The number of rotatable bonds is 7. The van der Waals surface area contributed by atoms with Gasteiger partial charge in [0.15, 0.2) is 0 Å². The van der Waals surface area contributed by atoms with E-state index in [1.165, 1.54) is 4.90 Å². The number of imide groups is 1. The highest BCUT2D eigenvalue weighted by Gasteiger charge is 2.42. The SMILES string of the molecule is CCCOc1ccc(C2=C(N3CCCC3)C(=O)N(Cc3ccccc3)C2=O)cc1. The Labute approximate surface area is 171 Å². The van der Waals surface area contributed by atoms with Gasteiger partial charge in [-0.2, -0.15) is 0 Å². The van der Waals surface area contributed by atoms with Crippen molar-refractivity contribution >= 4 is 17.4 Å². The molecule has 5 heteroatoms. The predicted molar refractivity (Wildman–Crippen MR) is 112 cm³/mol. The molecule has 2 aliphatic heterocycles. The van der Waals surface area contributed by atoms with Gasteiger partial charge in [-0.05, 0) is 42.5 Å². The summed E-state index contributed by atoms with van der Waals surface area (Å²) >= 11 is 0. The van der Waals surface area contributed by atoms with Crippen molar-refractivity contribution in [3.05, 3.63) is 71.4 Å². The minimum Gasteiger partial charge on any atom is -0.494 e. The molecule has 5 nitrogen and oxygen atoms in total. The van der Waals surface area contributed by atoms with Crippen LogP contribution in [0.25, 0.3) is 5.57 Å². The summed E-state index contributed by atoms with van der Waals surface area (Å²) in [7, 11) is 0. The summed E-state index contributed by atoms with van der Waals surface area (Å²) in [5.74, 6) is 0.363. The number of hydrogen-bond donors (Lipinski definition) is 0. The lowest BCUT2D eigenvalue weighted by atomic mass is 10.0. The van der Waals surface area contributed by atoms with Gasteiger partial charge in [0.2, 0.25) is 0 Å². The van der Waals surface area contributed by atoms with Crippen LogP contribution >= 0.6 is 0 Å². The summed E-state index contributed by atoms with van der Waals surface area (Å²) in [5, 5.41) is 0. The lowest BCUT2D eigenvalue weighted by molar-refractivity contribution is -0.138. The first-order chi connectivity index (χ1) is 14.2. The molecule has 2 aromatic carbocycles. The summed E-state index contributed by atoms with van der Waals surface area (Å²) in [6.45, 7) is 4.63. The molecule has 2 aromatic rings. The van der Waals surface area contributed by atoms with Crippen molar-refractivity contribution in [1.82, 2.24) is 9.80 Å². The highest BCUT2D eigenvalue weighted by Crippen LogP contribution is 2.34. The van der Waals surface area contributed by atoms with Crippen molar-refractivity contribution in [1.29, 1.82) is 0 Å². The molecule has 1 fully saturated rings. The minimum absolute atomic E-state index is 0.193. The normalized spacial score (nSPS) is 16.9. The first kappa shape index (κ1) is 19.2. The molecule has 0 unspecified atom stereocenters. The third-order valence-corrected chi connectivity index (χ3v) is 5.37. The standard InChI is InChI=1S/C24H26N2O3/c1-2-16-29-20-12-10-19(11-13-20)21-22(25-14-6-7-15-25)24(28)26(23(21)27)17-18-8-4-3-5-9-18/h3-5,8-13H,2,6-7,14-17H2,1H3. The summed E-state index contributed by atoms with van der Waals surface area (Å²) in [5.41, 5.74) is 2.77. The molecular formula is C24H26N2O3. The fraction of sp³-hybridized carbons (Fsp3) is 0.333. The van der Waals surface area contributed by atoms with Crippen LogP contribution in [-0.2, 0) is 16.1 Å². The molecule has 4 rings (SSSR count). The van der Waals surface area contributed by atoms with Crippen molar-refractivity contribution in [3.8, 4) is 5.75 Å². The summed E-state index contributed by atoms with van der Waals surface area (Å²) in [4.78, 5) is 30.1. The maximum absolute atomic E-state index is 13.3. The van der Waals surface area contributed by atoms with E-state index in [0.717, 1.165) is 49.2 Å². The number of carbonyl (C=O) groups excluding carboxylic acids is 2. The van der Waals surface area contributed by atoms with Gasteiger partial charge >= 0.3 is 0 Å². The maximum Gasteiger partial charge on any atom is 0.278 e. The van der Waals surface area contributed by atoms with Gasteiger partial charge in [-0.15, -0.1) is 0 Å². The van der Waals surface area contributed by atoms with E-state index in [2.05, 4.69) is 11.8 Å². The van der Waals surface area contributed by atoms with Crippen LogP contribution in [0, 0.1) is 0 Å². The van der Waals surface area contributed by atoms with Crippen LogP contribution in [0.4, 0.5) is 0 Å². The van der Waals surface area contributed by atoms with E-state index >= 15 is 0 Å². The monoisotopic (exact) mass is 390 g/mol. The van der Waals surface area contributed by atoms with E-state index in [-0.39, 0.29) is 18.4 Å². The van der Waals surface area contributed by atoms with Crippen LogP contribution in [-0.4, -0.2) is 41.3 Å². The second-order valence-corrected chi connectivity index (χ2v) is 7.47. The van der Waals surface area contributed by atoms with Crippen LogP contribution in [0.2, 0.25) is 0 Å². The molecule has 0 N–H and O–H groups in total. The van der Waals surface area contributed by atoms with Gasteiger partial charge in [0.25, 0.3) is 11.8 Å². The van der Waals surface area contributed by atoms with E-state index in [1.54, 1.807) is 0 Å². The van der Waals surface area contributed by atoms with E-state index in [0.29, 0.717) is 17.9 Å². The number of benzene rings is 2. The second kappa shape index (κ2) is 8.52. The summed E-state index contributed by atoms with van der Waals surface area (Å²) in [6, 6.07) is 17.2. The highest BCUT2D eigenvalue weighted by atomic mass is 16.5. The Hall–Kier alpha value is -3.08. The van der Waals surface area contributed by atoms with Crippen LogP contribution in [0.3, 0.4) is 0 Å².